The van der Waals surface area contributed by atoms with E-state index in [1.54, 1.807) is 0 Å². The Kier molecular flexibility index (Phi) is 4.38. The molecule has 4 rings (SSSR count). The van der Waals surface area contributed by atoms with Crippen molar-refractivity contribution in [2.45, 2.75) is 58.5 Å². The average molecular weight is 335 g/mol. The van der Waals surface area contributed by atoms with E-state index in [1.165, 1.54) is 24.1 Å². The molecular weight excluding hydrogens is 310 g/mol. The van der Waals surface area contributed by atoms with Crippen molar-refractivity contribution >= 4 is 0 Å². The van der Waals surface area contributed by atoms with Crippen LogP contribution in [0.3, 0.4) is 0 Å². The summed E-state index contributed by atoms with van der Waals surface area (Å²) in [5.74, 6) is 2.64. The second kappa shape index (κ2) is 6.82. The van der Waals surface area contributed by atoms with Crippen LogP contribution in [0.25, 0.3) is 11.3 Å². The van der Waals surface area contributed by atoms with Crippen molar-refractivity contribution in [2.24, 2.45) is 0 Å². The molecule has 0 aliphatic carbocycles. The Morgan fingerprint density at radius 1 is 1.16 bits per heavy atom. The molecule has 3 heterocycles. The topological polar surface area (TPSA) is 48.5 Å². The van der Waals surface area contributed by atoms with Gasteiger partial charge in [0, 0.05) is 24.2 Å². The van der Waals surface area contributed by atoms with Gasteiger partial charge in [-0.2, -0.15) is 0 Å². The lowest BCUT2D eigenvalue weighted by molar-refractivity contribution is 0.581. The van der Waals surface area contributed by atoms with Gasteiger partial charge in [-0.3, -0.25) is 0 Å². The number of rotatable bonds is 6. The highest BCUT2D eigenvalue weighted by atomic mass is 15.3. The highest BCUT2D eigenvalue weighted by molar-refractivity contribution is 5.62. The van der Waals surface area contributed by atoms with E-state index in [0.717, 1.165) is 43.3 Å². The molecule has 0 fully saturated rings. The number of fused-ring (bicyclic) bond motifs is 1. The monoisotopic (exact) mass is 335 g/mol. The normalized spacial score (nSPS) is 14.6. The predicted octanol–water partition coefficient (Wildman–Crippen LogP) is 4.04. The molecule has 1 aliphatic rings. The number of hydrogen-bond acceptors (Lipinski definition) is 3. The molecule has 0 amide bonds. The molecular formula is C20H25N5. The van der Waals surface area contributed by atoms with Crippen molar-refractivity contribution in [3.8, 4) is 11.3 Å². The van der Waals surface area contributed by atoms with Gasteiger partial charge in [0.15, 0.2) is 5.82 Å². The fourth-order valence-electron chi connectivity index (χ4n) is 3.90. The van der Waals surface area contributed by atoms with Gasteiger partial charge in [-0.05, 0) is 18.8 Å². The van der Waals surface area contributed by atoms with E-state index in [-0.39, 0.29) is 0 Å². The summed E-state index contributed by atoms with van der Waals surface area (Å²) in [7, 11) is 0. The largest absolute Gasteiger partial charge is 0.326 e. The van der Waals surface area contributed by atoms with Gasteiger partial charge in [0.1, 0.15) is 5.82 Å². The summed E-state index contributed by atoms with van der Waals surface area (Å²) in [4.78, 5) is 4.77. The zero-order valence-corrected chi connectivity index (χ0v) is 15.0. The SMILES string of the molecule is CCCC(C)c1c(-c2ccccc2)ncn1Cc1nnc2n1CCC2. The summed E-state index contributed by atoms with van der Waals surface area (Å²) < 4.78 is 4.55. The van der Waals surface area contributed by atoms with Crippen molar-refractivity contribution in [2.75, 3.05) is 0 Å². The molecule has 1 unspecified atom stereocenters. The van der Waals surface area contributed by atoms with Crippen LogP contribution in [-0.4, -0.2) is 24.3 Å². The molecule has 1 aromatic carbocycles. The molecule has 0 saturated heterocycles. The van der Waals surface area contributed by atoms with E-state index in [9.17, 15) is 0 Å². The van der Waals surface area contributed by atoms with Crippen molar-refractivity contribution in [3.05, 3.63) is 54.0 Å². The standard InChI is InChI=1S/C20H25N5/c1-3-8-15(2)20-19(16-9-5-4-6-10-16)21-14-24(20)13-18-23-22-17-11-7-12-25(17)18/h4-6,9-10,14-15H,3,7-8,11-13H2,1-2H3. The Morgan fingerprint density at radius 2 is 2.00 bits per heavy atom. The zero-order valence-electron chi connectivity index (χ0n) is 15.0. The highest BCUT2D eigenvalue weighted by Gasteiger charge is 2.22. The van der Waals surface area contributed by atoms with Gasteiger partial charge >= 0.3 is 0 Å². The number of nitrogens with zero attached hydrogens (tertiary/aromatic N) is 5. The van der Waals surface area contributed by atoms with Gasteiger partial charge in [0.25, 0.3) is 0 Å². The van der Waals surface area contributed by atoms with Gasteiger partial charge in [-0.1, -0.05) is 50.6 Å². The molecule has 0 bridgehead atoms. The first-order chi connectivity index (χ1) is 12.3. The Labute approximate surface area is 148 Å². The minimum Gasteiger partial charge on any atom is -0.326 e. The van der Waals surface area contributed by atoms with Crippen LogP contribution in [-0.2, 0) is 19.5 Å². The number of aromatic nitrogens is 5. The molecule has 5 nitrogen and oxygen atoms in total. The minimum atomic E-state index is 0.462. The maximum Gasteiger partial charge on any atom is 0.153 e. The van der Waals surface area contributed by atoms with E-state index in [2.05, 4.69) is 63.5 Å². The quantitative estimate of drug-likeness (QED) is 0.683. The maximum absolute atomic E-state index is 4.77. The summed E-state index contributed by atoms with van der Waals surface area (Å²) in [5.41, 5.74) is 3.59. The van der Waals surface area contributed by atoms with Gasteiger partial charge in [-0.25, -0.2) is 4.98 Å². The van der Waals surface area contributed by atoms with Crippen LogP contribution in [0.1, 0.15) is 56.4 Å². The van der Waals surface area contributed by atoms with Crippen molar-refractivity contribution in [3.63, 3.8) is 0 Å². The van der Waals surface area contributed by atoms with E-state index < -0.39 is 0 Å². The molecule has 130 valence electrons. The van der Waals surface area contributed by atoms with Crippen molar-refractivity contribution < 1.29 is 0 Å². The molecule has 25 heavy (non-hydrogen) atoms. The number of aryl methyl sites for hydroxylation is 1. The van der Waals surface area contributed by atoms with Crippen LogP contribution < -0.4 is 0 Å². The zero-order chi connectivity index (χ0) is 17.2. The molecule has 0 N–H and O–H groups in total. The van der Waals surface area contributed by atoms with Gasteiger partial charge in [0.2, 0.25) is 0 Å². The lowest BCUT2D eigenvalue weighted by atomic mass is 9.97. The first kappa shape index (κ1) is 16.1. The smallest absolute Gasteiger partial charge is 0.153 e. The highest BCUT2D eigenvalue weighted by Crippen LogP contribution is 2.31. The minimum absolute atomic E-state index is 0.462. The number of hydrogen-bond donors (Lipinski definition) is 0. The molecule has 3 aromatic rings. The summed E-state index contributed by atoms with van der Waals surface area (Å²) >= 11 is 0. The first-order valence-corrected chi connectivity index (χ1v) is 9.29. The lowest BCUT2D eigenvalue weighted by Gasteiger charge is -2.16. The molecule has 0 saturated carbocycles. The third-order valence-electron chi connectivity index (χ3n) is 5.11. The lowest BCUT2D eigenvalue weighted by Crippen LogP contribution is -2.11. The third kappa shape index (κ3) is 2.99. The maximum atomic E-state index is 4.77. The van der Waals surface area contributed by atoms with Crippen LogP contribution in [0, 0.1) is 0 Å². The average Bonchev–Trinajstić information content (AvgIpc) is 3.33. The Hall–Kier alpha value is -2.43. The van der Waals surface area contributed by atoms with Crippen molar-refractivity contribution in [1.82, 2.24) is 24.3 Å². The van der Waals surface area contributed by atoms with E-state index in [4.69, 9.17) is 4.98 Å². The molecule has 2 aromatic heterocycles. The molecule has 0 spiro atoms. The summed E-state index contributed by atoms with van der Waals surface area (Å²) in [5, 5.41) is 8.77. The van der Waals surface area contributed by atoms with Crippen LogP contribution in [0.4, 0.5) is 0 Å². The second-order valence-corrected chi connectivity index (χ2v) is 6.95. The van der Waals surface area contributed by atoms with E-state index in [0.29, 0.717) is 5.92 Å². The Morgan fingerprint density at radius 3 is 2.80 bits per heavy atom. The molecule has 1 atom stereocenters. The molecule has 1 aliphatic heterocycles. The van der Waals surface area contributed by atoms with E-state index in [1.807, 2.05) is 6.33 Å². The first-order valence-electron chi connectivity index (χ1n) is 9.29. The molecule has 0 radical (unpaired) electrons. The Balaban J connectivity index is 1.73. The third-order valence-corrected chi connectivity index (χ3v) is 5.11. The fraction of sp³-hybridized carbons (Fsp3) is 0.450. The fourth-order valence-corrected chi connectivity index (χ4v) is 3.90. The Bertz CT molecular complexity index is 846. The van der Waals surface area contributed by atoms with Crippen LogP contribution >= 0.6 is 0 Å². The summed E-state index contributed by atoms with van der Waals surface area (Å²) in [6.07, 6.45) is 6.52. The van der Waals surface area contributed by atoms with Crippen LogP contribution in [0.2, 0.25) is 0 Å². The van der Waals surface area contributed by atoms with Gasteiger partial charge < -0.3 is 9.13 Å². The summed E-state index contributed by atoms with van der Waals surface area (Å²) in [6.45, 7) is 6.33. The van der Waals surface area contributed by atoms with Gasteiger partial charge in [-0.15, -0.1) is 10.2 Å². The second-order valence-electron chi connectivity index (χ2n) is 6.95. The van der Waals surface area contributed by atoms with Crippen LogP contribution in [0.5, 0.6) is 0 Å². The van der Waals surface area contributed by atoms with Gasteiger partial charge in [0.05, 0.1) is 18.6 Å². The van der Waals surface area contributed by atoms with Crippen molar-refractivity contribution in [1.29, 1.82) is 0 Å². The van der Waals surface area contributed by atoms with E-state index >= 15 is 0 Å². The van der Waals surface area contributed by atoms with Crippen LogP contribution in [0.15, 0.2) is 36.7 Å². The number of benzene rings is 1. The molecule has 5 heteroatoms. The summed E-state index contributed by atoms with van der Waals surface area (Å²) in [6, 6.07) is 10.5. The number of imidazole rings is 1. The predicted molar refractivity (Wildman–Crippen MR) is 98.4 cm³/mol.